The number of hydrogen-bond donors (Lipinski definition) is 1. The van der Waals surface area contributed by atoms with Crippen molar-refractivity contribution in [3.05, 3.63) is 42.6 Å². The summed E-state index contributed by atoms with van der Waals surface area (Å²) in [6, 6.07) is 10.7. The minimum atomic E-state index is -0.0889. The molecular weight excluding hydrogens is 308 g/mol. The number of nitrogens with zero attached hydrogens (tertiary/aromatic N) is 1. The number of carbonyl (C=O) groups is 1. The van der Waals surface area contributed by atoms with E-state index in [-0.39, 0.29) is 11.8 Å². The van der Waals surface area contributed by atoms with Crippen molar-refractivity contribution in [3.8, 4) is 17.4 Å². The van der Waals surface area contributed by atoms with Gasteiger partial charge >= 0.3 is 0 Å². The molecule has 1 unspecified atom stereocenters. The second-order valence-electron chi connectivity index (χ2n) is 5.57. The Morgan fingerprint density at radius 1 is 1.21 bits per heavy atom. The Kier molecular flexibility index (Phi) is 5.28. The highest BCUT2D eigenvalue weighted by Crippen LogP contribution is 2.23. The van der Waals surface area contributed by atoms with Crippen molar-refractivity contribution in [2.75, 3.05) is 25.6 Å². The Bertz CT molecular complexity index is 664. The van der Waals surface area contributed by atoms with Crippen molar-refractivity contribution < 1.29 is 19.0 Å². The average molecular weight is 328 g/mol. The minimum absolute atomic E-state index is 0.0275. The van der Waals surface area contributed by atoms with Crippen molar-refractivity contribution in [3.63, 3.8) is 0 Å². The molecule has 1 aromatic heterocycles. The standard InChI is InChI=1S/C18H20N2O4/c1-22-15-5-7-16(8-6-15)24-17-9-4-14(11-19-17)20-18(21)13-3-2-10-23-12-13/h4-9,11,13H,2-3,10,12H2,1H3,(H,20,21). The van der Waals surface area contributed by atoms with Crippen LogP contribution in [0.2, 0.25) is 0 Å². The summed E-state index contributed by atoms with van der Waals surface area (Å²) in [4.78, 5) is 16.4. The first-order valence-electron chi connectivity index (χ1n) is 7.91. The van der Waals surface area contributed by atoms with Crippen LogP contribution < -0.4 is 14.8 Å². The number of benzene rings is 1. The Balaban J connectivity index is 1.57. The van der Waals surface area contributed by atoms with Crippen LogP contribution in [0.5, 0.6) is 17.4 Å². The van der Waals surface area contributed by atoms with Gasteiger partial charge in [-0.15, -0.1) is 0 Å². The number of anilines is 1. The summed E-state index contributed by atoms with van der Waals surface area (Å²) in [6.07, 6.45) is 3.36. The summed E-state index contributed by atoms with van der Waals surface area (Å²) in [5, 5.41) is 2.86. The number of methoxy groups -OCH3 is 1. The second-order valence-corrected chi connectivity index (χ2v) is 5.57. The highest BCUT2D eigenvalue weighted by molar-refractivity contribution is 5.92. The van der Waals surface area contributed by atoms with Gasteiger partial charge in [0.05, 0.1) is 31.5 Å². The Morgan fingerprint density at radius 3 is 2.62 bits per heavy atom. The van der Waals surface area contributed by atoms with Crippen molar-refractivity contribution in [2.24, 2.45) is 5.92 Å². The maximum Gasteiger partial charge on any atom is 0.229 e. The number of amides is 1. The van der Waals surface area contributed by atoms with Gasteiger partial charge in [0.2, 0.25) is 11.8 Å². The predicted octanol–water partition coefficient (Wildman–Crippen LogP) is 3.25. The van der Waals surface area contributed by atoms with Gasteiger partial charge in [-0.05, 0) is 43.2 Å². The van der Waals surface area contributed by atoms with Gasteiger partial charge in [0.15, 0.2) is 0 Å². The molecule has 126 valence electrons. The lowest BCUT2D eigenvalue weighted by Crippen LogP contribution is -2.30. The molecule has 0 bridgehead atoms. The van der Waals surface area contributed by atoms with Crippen molar-refractivity contribution in [1.29, 1.82) is 0 Å². The Morgan fingerprint density at radius 2 is 2.00 bits per heavy atom. The van der Waals surface area contributed by atoms with Crippen LogP contribution in [0.25, 0.3) is 0 Å². The van der Waals surface area contributed by atoms with Gasteiger partial charge in [-0.2, -0.15) is 0 Å². The van der Waals surface area contributed by atoms with E-state index >= 15 is 0 Å². The fourth-order valence-electron chi connectivity index (χ4n) is 2.47. The van der Waals surface area contributed by atoms with Crippen LogP contribution in [0.1, 0.15) is 12.8 Å². The van der Waals surface area contributed by atoms with E-state index in [9.17, 15) is 4.79 Å². The van der Waals surface area contributed by atoms with E-state index in [2.05, 4.69) is 10.3 Å². The number of ether oxygens (including phenoxy) is 3. The molecule has 6 nitrogen and oxygen atoms in total. The SMILES string of the molecule is COc1ccc(Oc2ccc(NC(=O)C3CCCOC3)cn2)cc1. The highest BCUT2D eigenvalue weighted by Gasteiger charge is 2.21. The molecule has 0 aliphatic carbocycles. The molecular formula is C18H20N2O4. The molecule has 1 aromatic carbocycles. The summed E-state index contributed by atoms with van der Waals surface area (Å²) in [7, 11) is 1.61. The Hall–Kier alpha value is -2.60. The third-order valence-corrected chi connectivity index (χ3v) is 3.82. The maximum atomic E-state index is 12.1. The van der Waals surface area contributed by atoms with Crippen molar-refractivity contribution in [1.82, 2.24) is 4.98 Å². The highest BCUT2D eigenvalue weighted by atomic mass is 16.5. The first-order valence-corrected chi connectivity index (χ1v) is 7.91. The van der Waals surface area contributed by atoms with Crippen molar-refractivity contribution >= 4 is 11.6 Å². The third-order valence-electron chi connectivity index (χ3n) is 3.82. The van der Waals surface area contributed by atoms with Crippen LogP contribution in [0, 0.1) is 5.92 Å². The number of rotatable bonds is 5. The van der Waals surface area contributed by atoms with Gasteiger partial charge < -0.3 is 19.5 Å². The summed E-state index contributed by atoms with van der Waals surface area (Å²) >= 11 is 0. The molecule has 2 heterocycles. The molecule has 0 saturated carbocycles. The summed E-state index contributed by atoms with van der Waals surface area (Å²) in [5.74, 6) is 1.77. The van der Waals surface area contributed by atoms with Gasteiger partial charge in [-0.3, -0.25) is 4.79 Å². The molecule has 1 N–H and O–H groups in total. The summed E-state index contributed by atoms with van der Waals surface area (Å²) in [5.41, 5.74) is 0.646. The second kappa shape index (κ2) is 7.79. The fraction of sp³-hybridized carbons (Fsp3) is 0.333. The van der Waals surface area contributed by atoms with E-state index in [1.165, 1.54) is 0 Å². The van der Waals surface area contributed by atoms with E-state index in [0.29, 0.717) is 23.9 Å². The molecule has 1 aliphatic rings. The largest absolute Gasteiger partial charge is 0.497 e. The molecule has 0 spiro atoms. The molecule has 1 atom stereocenters. The first-order chi connectivity index (χ1) is 11.7. The molecule has 2 aromatic rings. The third kappa shape index (κ3) is 4.23. The fourth-order valence-corrected chi connectivity index (χ4v) is 2.47. The Labute approximate surface area is 140 Å². The zero-order valence-electron chi connectivity index (χ0n) is 13.5. The smallest absolute Gasteiger partial charge is 0.229 e. The molecule has 3 rings (SSSR count). The summed E-state index contributed by atoms with van der Waals surface area (Å²) < 4.78 is 16.1. The molecule has 0 radical (unpaired) electrons. The number of aromatic nitrogens is 1. The van der Waals surface area contributed by atoms with E-state index in [1.807, 2.05) is 12.1 Å². The molecule has 24 heavy (non-hydrogen) atoms. The van der Waals surface area contributed by atoms with Crippen LogP contribution in [-0.4, -0.2) is 31.2 Å². The van der Waals surface area contributed by atoms with E-state index in [1.54, 1.807) is 37.6 Å². The van der Waals surface area contributed by atoms with Crippen LogP contribution >= 0.6 is 0 Å². The predicted molar refractivity (Wildman–Crippen MR) is 89.5 cm³/mol. The molecule has 6 heteroatoms. The molecule has 1 amide bonds. The number of nitrogens with one attached hydrogen (secondary N) is 1. The molecule has 1 saturated heterocycles. The zero-order chi connectivity index (χ0) is 16.8. The molecule has 1 fully saturated rings. The quantitative estimate of drug-likeness (QED) is 0.912. The van der Waals surface area contributed by atoms with Gasteiger partial charge in [-0.1, -0.05) is 0 Å². The average Bonchev–Trinajstić information content (AvgIpc) is 2.65. The summed E-state index contributed by atoms with van der Waals surface area (Å²) in [6.45, 7) is 1.22. The van der Waals surface area contributed by atoms with Gasteiger partial charge in [0, 0.05) is 12.7 Å². The monoisotopic (exact) mass is 328 g/mol. The maximum absolute atomic E-state index is 12.1. The van der Waals surface area contributed by atoms with Gasteiger partial charge in [0.1, 0.15) is 11.5 Å². The lowest BCUT2D eigenvalue weighted by molar-refractivity contribution is -0.123. The minimum Gasteiger partial charge on any atom is -0.497 e. The zero-order valence-corrected chi connectivity index (χ0v) is 13.5. The number of hydrogen-bond acceptors (Lipinski definition) is 5. The number of carbonyl (C=O) groups excluding carboxylic acids is 1. The number of pyridine rings is 1. The molecule has 1 aliphatic heterocycles. The topological polar surface area (TPSA) is 69.7 Å². The van der Waals surface area contributed by atoms with Crippen LogP contribution in [-0.2, 0) is 9.53 Å². The van der Waals surface area contributed by atoms with Crippen molar-refractivity contribution in [2.45, 2.75) is 12.8 Å². The van der Waals surface area contributed by atoms with E-state index < -0.39 is 0 Å². The van der Waals surface area contributed by atoms with E-state index in [0.717, 1.165) is 25.2 Å². The normalized spacial score (nSPS) is 17.1. The van der Waals surface area contributed by atoms with Gasteiger partial charge in [0.25, 0.3) is 0 Å². The van der Waals surface area contributed by atoms with Gasteiger partial charge in [-0.25, -0.2) is 4.98 Å². The van der Waals surface area contributed by atoms with Crippen LogP contribution in [0.3, 0.4) is 0 Å². The van der Waals surface area contributed by atoms with Crippen LogP contribution in [0.15, 0.2) is 42.6 Å². The lowest BCUT2D eigenvalue weighted by Gasteiger charge is -2.21. The lowest BCUT2D eigenvalue weighted by atomic mass is 10.0. The van der Waals surface area contributed by atoms with Crippen LogP contribution in [0.4, 0.5) is 5.69 Å². The first kappa shape index (κ1) is 16.3. The van der Waals surface area contributed by atoms with E-state index in [4.69, 9.17) is 14.2 Å².